The molecule has 1 amide bonds. The second-order valence-corrected chi connectivity index (χ2v) is 6.85. The predicted molar refractivity (Wildman–Crippen MR) is 102 cm³/mol. The molecular weight excluding hydrogens is 354 g/mol. The molecule has 0 saturated heterocycles. The molecule has 128 valence electrons. The molecule has 1 N–H and O–H groups in total. The van der Waals surface area contributed by atoms with Crippen molar-refractivity contribution in [3.8, 4) is 0 Å². The van der Waals surface area contributed by atoms with E-state index < -0.39 is 0 Å². The van der Waals surface area contributed by atoms with Gasteiger partial charge in [-0.15, -0.1) is 11.8 Å². The quantitative estimate of drug-likeness (QED) is 0.659. The van der Waals surface area contributed by atoms with Gasteiger partial charge < -0.3 is 9.88 Å². The highest BCUT2D eigenvalue weighted by Crippen LogP contribution is 2.15. The Hall–Kier alpha value is -2.24. The minimum absolute atomic E-state index is 0.187. The Kier molecular flexibility index (Phi) is 5.79. The van der Waals surface area contributed by atoms with E-state index in [1.54, 1.807) is 24.2 Å². The maximum absolute atomic E-state index is 12.4. The molecule has 1 heterocycles. The van der Waals surface area contributed by atoms with Crippen LogP contribution in [0.1, 0.15) is 21.7 Å². The largest absolute Gasteiger partial charge is 0.345 e. The van der Waals surface area contributed by atoms with Crippen molar-refractivity contribution in [3.05, 3.63) is 82.9 Å². The molecule has 0 radical (unpaired) electrons. The molecule has 4 nitrogen and oxygen atoms in total. The summed E-state index contributed by atoms with van der Waals surface area (Å²) in [6.45, 7) is 1.05. The van der Waals surface area contributed by atoms with E-state index in [9.17, 15) is 4.79 Å². The molecule has 6 heteroatoms. The number of rotatable bonds is 6. The van der Waals surface area contributed by atoms with E-state index in [0.29, 0.717) is 23.9 Å². The summed E-state index contributed by atoms with van der Waals surface area (Å²) in [5.74, 6) is 0.212. The monoisotopic (exact) mass is 371 g/mol. The van der Waals surface area contributed by atoms with Crippen molar-refractivity contribution in [2.24, 2.45) is 0 Å². The van der Waals surface area contributed by atoms with Gasteiger partial charge in [0.25, 0.3) is 5.91 Å². The van der Waals surface area contributed by atoms with Crippen LogP contribution in [0.3, 0.4) is 0 Å². The van der Waals surface area contributed by atoms with Gasteiger partial charge in [-0.05, 0) is 41.6 Å². The van der Waals surface area contributed by atoms with Gasteiger partial charge in [0.15, 0.2) is 5.82 Å². The molecule has 25 heavy (non-hydrogen) atoms. The molecule has 2 aromatic carbocycles. The Morgan fingerprint density at radius 2 is 1.80 bits per heavy atom. The van der Waals surface area contributed by atoms with Crippen LogP contribution in [-0.2, 0) is 13.1 Å². The number of nitrogens with zero attached hydrogens (tertiary/aromatic N) is 2. The molecule has 3 aromatic rings. The lowest BCUT2D eigenvalue weighted by atomic mass is 10.2. The number of benzene rings is 2. The Labute approximate surface area is 156 Å². The number of hydrogen-bond donors (Lipinski definition) is 1. The fraction of sp³-hybridized carbons (Fsp3) is 0.158. The summed E-state index contributed by atoms with van der Waals surface area (Å²) in [6, 6.07) is 15.7. The molecule has 0 unspecified atom stereocenters. The zero-order valence-corrected chi connectivity index (χ0v) is 15.3. The van der Waals surface area contributed by atoms with E-state index in [-0.39, 0.29) is 5.91 Å². The number of carbonyl (C=O) groups excluding carboxylic acids is 1. The molecule has 0 saturated carbocycles. The Morgan fingerprint density at radius 1 is 1.12 bits per heavy atom. The smallest absolute Gasteiger partial charge is 0.287 e. The van der Waals surface area contributed by atoms with E-state index in [4.69, 9.17) is 11.6 Å². The van der Waals surface area contributed by atoms with Crippen molar-refractivity contribution in [3.63, 3.8) is 0 Å². The Bertz CT molecular complexity index is 844. The van der Waals surface area contributed by atoms with E-state index >= 15 is 0 Å². The first-order valence-electron chi connectivity index (χ1n) is 7.82. The average Bonchev–Trinajstić information content (AvgIpc) is 3.10. The van der Waals surface area contributed by atoms with Crippen molar-refractivity contribution < 1.29 is 4.79 Å². The summed E-state index contributed by atoms with van der Waals surface area (Å²) < 4.78 is 1.83. The third kappa shape index (κ3) is 4.65. The van der Waals surface area contributed by atoms with Gasteiger partial charge >= 0.3 is 0 Å². The molecule has 0 spiro atoms. The maximum Gasteiger partial charge on any atom is 0.287 e. The van der Waals surface area contributed by atoms with E-state index in [2.05, 4.69) is 10.3 Å². The lowest BCUT2D eigenvalue weighted by Gasteiger charge is -2.09. The molecule has 3 rings (SSSR count). The van der Waals surface area contributed by atoms with Gasteiger partial charge in [-0.2, -0.15) is 0 Å². The molecule has 0 bridgehead atoms. The molecule has 0 aliphatic heterocycles. The number of nitrogens with one attached hydrogen (secondary N) is 1. The topological polar surface area (TPSA) is 46.9 Å². The highest BCUT2D eigenvalue weighted by atomic mass is 35.5. The second-order valence-electron chi connectivity index (χ2n) is 5.54. The van der Waals surface area contributed by atoms with Crippen molar-refractivity contribution in [1.29, 1.82) is 0 Å². The van der Waals surface area contributed by atoms with Gasteiger partial charge in [-0.3, -0.25) is 4.79 Å². The highest BCUT2D eigenvalue weighted by Gasteiger charge is 2.12. The molecule has 1 aromatic heterocycles. The van der Waals surface area contributed by atoms with Crippen LogP contribution >= 0.6 is 23.4 Å². The molecule has 0 aliphatic rings. The normalized spacial score (nSPS) is 10.6. The summed E-state index contributed by atoms with van der Waals surface area (Å²) >= 11 is 7.60. The van der Waals surface area contributed by atoms with Crippen LogP contribution in [0.4, 0.5) is 0 Å². The number of hydrogen-bond acceptors (Lipinski definition) is 3. The van der Waals surface area contributed by atoms with E-state index in [0.717, 1.165) is 11.1 Å². The van der Waals surface area contributed by atoms with Gasteiger partial charge in [0.1, 0.15) is 0 Å². The molecule has 0 atom stereocenters. The predicted octanol–water partition coefficient (Wildman–Crippen LogP) is 4.24. The van der Waals surface area contributed by atoms with Crippen LogP contribution in [0.5, 0.6) is 0 Å². The zero-order chi connectivity index (χ0) is 17.6. The average molecular weight is 372 g/mol. The Morgan fingerprint density at radius 3 is 2.48 bits per heavy atom. The first-order chi connectivity index (χ1) is 12.2. The Balaban J connectivity index is 1.64. The number of thioether (sulfide) groups is 1. The summed E-state index contributed by atoms with van der Waals surface area (Å²) in [5, 5.41) is 3.62. The lowest BCUT2D eigenvalue weighted by molar-refractivity contribution is 0.0936. The SMILES string of the molecule is CSc1ccc(CNC(=O)c2nccn2Cc2ccc(Cl)cc2)cc1. The van der Waals surface area contributed by atoms with Gasteiger partial charge in [0, 0.05) is 35.4 Å². The fourth-order valence-corrected chi connectivity index (χ4v) is 2.97. The summed E-state index contributed by atoms with van der Waals surface area (Å²) in [4.78, 5) is 17.8. The summed E-state index contributed by atoms with van der Waals surface area (Å²) in [6.07, 6.45) is 5.48. The van der Waals surface area contributed by atoms with E-state index in [1.807, 2.05) is 59.4 Å². The molecular formula is C19H18ClN3OS. The van der Waals surface area contributed by atoms with Crippen LogP contribution in [0.25, 0.3) is 0 Å². The number of halogens is 1. The third-order valence-electron chi connectivity index (χ3n) is 3.80. The van der Waals surface area contributed by atoms with Crippen molar-refractivity contribution in [2.75, 3.05) is 6.26 Å². The number of amides is 1. The van der Waals surface area contributed by atoms with Gasteiger partial charge in [-0.1, -0.05) is 35.9 Å². The van der Waals surface area contributed by atoms with Crippen molar-refractivity contribution in [2.45, 2.75) is 18.0 Å². The second kappa shape index (κ2) is 8.23. The number of imidazole rings is 1. The molecule has 0 aliphatic carbocycles. The number of aromatic nitrogens is 2. The fourth-order valence-electron chi connectivity index (χ4n) is 2.44. The van der Waals surface area contributed by atoms with Crippen molar-refractivity contribution in [1.82, 2.24) is 14.9 Å². The first-order valence-corrected chi connectivity index (χ1v) is 9.42. The summed E-state index contributed by atoms with van der Waals surface area (Å²) in [7, 11) is 0. The van der Waals surface area contributed by atoms with Gasteiger partial charge in [-0.25, -0.2) is 4.98 Å². The zero-order valence-electron chi connectivity index (χ0n) is 13.8. The van der Waals surface area contributed by atoms with Crippen LogP contribution in [0.2, 0.25) is 5.02 Å². The standard InChI is InChI=1S/C19H18ClN3OS/c1-25-17-8-4-14(5-9-17)12-22-19(24)18-21-10-11-23(18)13-15-2-6-16(20)7-3-15/h2-11H,12-13H2,1H3,(H,22,24). The maximum atomic E-state index is 12.4. The van der Waals surface area contributed by atoms with Crippen LogP contribution < -0.4 is 5.32 Å². The van der Waals surface area contributed by atoms with Gasteiger partial charge in [0.2, 0.25) is 0 Å². The van der Waals surface area contributed by atoms with Crippen molar-refractivity contribution >= 4 is 29.3 Å². The molecule has 0 fully saturated rings. The van der Waals surface area contributed by atoms with Crippen LogP contribution in [0.15, 0.2) is 65.8 Å². The van der Waals surface area contributed by atoms with Crippen LogP contribution in [0, 0.1) is 0 Å². The number of carbonyl (C=O) groups is 1. The van der Waals surface area contributed by atoms with Gasteiger partial charge in [0.05, 0.1) is 0 Å². The highest BCUT2D eigenvalue weighted by molar-refractivity contribution is 7.98. The lowest BCUT2D eigenvalue weighted by Crippen LogP contribution is -2.26. The first kappa shape index (κ1) is 17.6. The summed E-state index contributed by atoms with van der Waals surface area (Å²) in [5.41, 5.74) is 2.12. The third-order valence-corrected chi connectivity index (χ3v) is 4.79. The minimum Gasteiger partial charge on any atom is -0.345 e. The minimum atomic E-state index is -0.187. The van der Waals surface area contributed by atoms with Crippen LogP contribution in [-0.4, -0.2) is 21.7 Å². The van der Waals surface area contributed by atoms with E-state index in [1.165, 1.54) is 4.90 Å².